The smallest absolute Gasteiger partial charge is 0.146 e. The van der Waals surface area contributed by atoms with Gasteiger partial charge in [0, 0.05) is 6.04 Å². The number of anilines is 1. The van der Waals surface area contributed by atoms with Gasteiger partial charge in [-0.3, -0.25) is 0 Å². The van der Waals surface area contributed by atoms with Crippen LogP contribution < -0.4 is 10.1 Å². The van der Waals surface area contributed by atoms with Gasteiger partial charge in [-0.1, -0.05) is 12.1 Å². The fraction of sp³-hybridized carbons (Fsp3) is 0.250. The summed E-state index contributed by atoms with van der Waals surface area (Å²) in [4.78, 5) is 0. The molecule has 1 N–H and O–H groups in total. The van der Waals surface area contributed by atoms with Crippen LogP contribution in [0, 0.1) is 11.6 Å². The highest BCUT2D eigenvalue weighted by Gasteiger charge is 2.09. The van der Waals surface area contributed by atoms with Crippen LogP contribution in [0.2, 0.25) is 0 Å². The van der Waals surface area contributed by atoms with E-state index in [1.54, 1.807) is 0 Å². The second kappa shape index (κ2) is 6.37. The summed E-state index contributed by atoms with van der Waals surface area (Å²) in [5.41, 5.74) is 1.13. The average molecular weight is 277 g/mol. The van der Waals surface area contributed by atoms with E-state index in [1.807, 2.05) is 38.1 Å². The Morgan fingerprint density at radius 3 is 2.45 bits per heavy atom. The normalized spacial score (nSPS) is 12.0. The van der Waals surface area contributed by atoms with E-state index in [4.69, 9.17) is 4.74 Å². The van der Waals surface area contributed by atoms with Crippen molar-refractivity contribution in [3.05, 3.63) is 59.7 Å². The highest BCUT2D eigenvalue weighted by molar-refractivity contribution is 5.47. The van der Waals surface area contributed by atoms with Gasteiger partial charge in [0.15, 0.2) is 0 Å². The van der Waals surface area contributed by atoms with Gasteiger partial charge in [-0.15, -0.1) is 0 Å². The van der Waals surface area contributed by atoms with Gasteiger partial charge in [0.05, 0.1) is 12.3 Å². The Labute approximate surface area is 117 Å². The van der Waals surface area contributed by atoms with Crippen molar-refractivity contribution in [2.24, 2.45) is 0 Å². The number of rotatable bonds is 5. The molecular weight excluding hydrogens is 260 g/mol. The van der Waals surface area contributed by atoms with Gasteiger partial charge in [0.25, 0.3) is 0 Å². The van der Waals surface area contributed by atoms with Crippen molar-refractivity contribution in [2.45, 2.75) is 19.9 Å². The van der Waals surface area contributed by atoms with Crippen LogP contribution in [-0.2, 0) is 0 Å². The first kappa shape index (κ1) is 14.3. The van der Waals surface area contributed by atoms with E-state index in [0.717, 1.165) is 29.5 Å². The zero-order valence-electron chi connectivity index (χ0n) is 11.5. The van der Waals surface area contributed by atoms with Gasteiger partial charge in [0.2, 0.25) is 0 Å². The highest BCUT2D eigenvalue weighted by atomic mass is 19.1. The van der Waals surface area contributed by atoms with Crippen molar-refractivity contribution >= 4 is 5.69 Å². The van der Waals surface area contributed by atoms with Gasteiger partial charge in [-0.05, 0) is 49.7 Å². The summed E-state index contributed by atoms with van der Waals surface area (Å²) in [5, 5.41) is 2.96. The van der Waals surface area contributed by atoms with Crippen molar-refractivity contribution in [3.63, 3.8) is 0 Å². The summed E-state index contributed by atoms with van der Waals surface area (Å²) in [6.45, 7) is 4.42. The molecule has 0 aliphatic heterocycles. The lowest BCUT2D eigenvalue weighted by molar-refractivity contribution is 0.340. The second-order valence-corrected chi connectivity index (χ2v) is 4.49. The first-order valence-electron chi connectivity index (χ1n) is 6.54. The molecule has 2 rings (SSSR count). The van der Waals surface area contributed by atoms with Crippen LogP contribution in [0.15, 0.2) is 42.5 Å². The lowest BCUT2D eigenvalue weighted by Crippen LogP contribution is -2.08. The molecule has 0 heterocycles. The minimum absolute atomic E-state index is 0.137. The zero-order valence-corrected chi connectivity index (χ0v) is 11.5. The summed E-state index contributed by atoms with van der Waals surface area (Å²) in [5.74, 6) is -0.141. The molecule has 1 atom stereocenters. The number of nitrogens with one attached hydrogen (secondary N) is 1. The Morgan fingerprint density at radius 2 is 1.80 bits per heavy atom. The molecular formula is C16H17F2NO. The van der Waals surface area contributed by atoms with Crippen molar-refractivity contribution in [1.29, 1.82) is 0 Å². The van der Waals surface area contributed by atoms with Crippen LogP contribution in [0.4, 0.5) is 14.5 Å². The van der Waals surface area contributed by atoms with Crippen LogP contribution >= 0.6 is 0 Å². The van der Waals surface area contributed by atoms with Crippen LogP contribution in [0.5, 0.6) is 5.75 Å². The molecule has 2 nitrogen and oxygen atoms in total. The molecule has 106 valence electrons. The van der Waals surface area contributed by atoms with E-state index in [1.165, 1.54) is 0 Å². The van der Waals surface area contributed by atoms with E-state index >= 15 is 0 Å². The number of hydrogen-bond donors (Lipinski definition) is 1. The summed E-state index contributed by atoms with van der Waals surface area (Å²) < 4.78 is 32.0. The molecule has 0 bridgehead atoms. The maximum absolute atomic E-state index is 13.6. The molecule has 0 spiro atoms. The Morgan fingerprint density at radius 1 is 1.10 bits per heavy atom. The largest absolute Gasteiger partial charge is 0.494 e. The summed E-state index contributed by atoms with van der Waals surface area (Å²) in [7, 11) is 0. The van der Waals surface area contributed by atoms with Gasteiger partial charge < -0.3 is 10.1 Å². The van der Waals surface area contributed by atoms with Gasteiger partial charge in [0.1, 0.15) is 17.4 Å². The number of halogens is 2. The van der Waals surface area contributed by atoms with Crippen molar-refractivity contribution in [3.8, 4) is 5.75 Å². The maximum atomic E-state index is 13.6. The molecule has 2 aromatic rings. The van der Waals surface area contributed by atoms with Crippen LogP contribution in [0.3, 0.4) is 0 Å². The third-order valence-electron chi connectivity index (χ3n) is 2.99. The standard InChI is InChI=1S/C16H17F2NO/c1-3-20-14-7-4-12(5-8-14)11(2)19-16-10-13(17)6-9-15(16)18/h4-11,19H,3H2,1-2H3. The summed E-state index contributed by atoms with van der Waals surface area (Å²) in [6.07, 6.45) is 0. The molecule has 0 aliphatic rings. The number of ether oxygens (including phenoxy) is 1. The van der Waals surface area contributed by atoms with Gasteiger partial charge in [-0.25, -0.2) is 8.78 Å². The minimum atomic E-state index is -0.468. The molecule has 1 unspecified atom stereocenters. The molecule has 0 fully saturated rings. The van der Waals surface area contributed by atoms with E-state index in [-0.39, 0.29) is 11.7 Å². The lowest BCUT2D eigenvalue weighted by atomic mass is 10.1. The Hall–Kier alpha value is -2.10. The fourth-order valence-corrected chi connectivity index (χ4v) is 1.94. The van der Waals surface area contributed by atoms with Crippen LogP contribution in [0.25, 0.3) is 0 Å². The molecule has 0 saturated carbocycles. The van der Waals surface area contributed by atoms with E-state index in [9.17, 15) is 8.78 Å². The topological polar surface area (TPSA) is 21.3 Å². The summed E-state index contributed by atoms with van der Waals surface area (Å²) in [6, 6.07) is 10.8. The fourth-order valence-electron chi connectivity index (χ4n) is 1.94. The SMILES string of the molecule is CCOc1ccc(C(C)Nc2cc(F)ccc2F)cc1. The predicted octanol–water partition coefficient (Wildman–Crippen LogP) is 4.54. The Bertz CT molecular complexity index is 569. The minimum Gasteiger partial charge on any atom is -0.494 e. The summed E-state index contributed by atoms with van der Waals surface area (Å²) >= 11 is 0. The monoisotopic (exact) mass is 277 g/mol. The third-order valence-corrected chi connectivity index (χ3v) is 2.99. The molecule has 20 heavy (non-hydrogen) atoms. The van der Waals surface area contributed by atoms with Crippen molar-refractivity contribution in [1.82, 2.24) is 0 Å². The highest BCUT2D eigenvalue weighted by Crippen LogP contribution is 2.24. The molecule has 0 aliphatic carbocycles. The van der Waals surface area contributed by atoms with Gasteiger partial charge >= 0.3 is 0 Å². The molecule has 0 saturated heterocycles. The van der Waals surface area contributed by atoms with Crippen LogP contribution in [-0.4, -0.2) is 6.61 Å². The predicted molar refractivity (Wildman–Crippen MR) is 76.0 cm³/mol. The van der Waals surface area contributed by atoms with Crippen molar-refractivity contribution in [2.75, 3.05) is 11.9 Å². The van der Waals surface area contributed by atoms with Crippen molar-refractivity contribution < 1.29 is 13.5 Å². The van der Waals surface area contributed by atoms with Crippen LogP contribution in [0.1, 0.15) is 25.5 Å². The van der Waals surface area contributed by atoms with E-state index < -0.39 is 11.6 Å². The molecule has 0 amide bonds. The first-order chi connectivity index (χ1) is 9.60. The Balaban J connectivity index is 2.11. The maximum Gasteiger partial charge on any atom is 0.146 e. The van der Waals surface area contributed by atoms with E-state index in [2.05, 4.69) is 5.32 Å². The van der Waals surface area contributed by atoms with E-state index in [0.29, 0.717) is 6.61 Å². The third kappa shape index (κ3) is 3.47. The molecule has 0 aromatic heterocycles. The lowest BCUT2D eigenvalue weighted by Gasteiger charge is -2.16. The zero-order chi connectivity index (χ0) is 14.5. The number of benzene rings is 2. The quantitative estimate of drug-likeness (QED) is 0.866. The second-order valence-electron chi connectivity index (χ2n) is 4.49. The average Bonchev–Trinajstić information content (AvgIpc) is 2.44. The molecule has 4 heteroatoms. The Kier molecular flexibility index (Phi) is 4.56. The molecule has 0 radical (unpaired) electrons. The first-order valence-corrected chi connectivity index (χ1v) is 6.54. The molecule has 2 aromatic carbocycles. The number of hydrogen-bond acceptors (Lipinski definition) is 2. The van der Waals surface area contributed by atoms with Gasteiger partial charge in [-0.2, -0.15) is 0 Å².